The molecule has 2 radical (unpaired) electrons. The molecule has 0 atom stereocenters. The SMILES string of the molecule is [B]c1ccc(-c2cccc(N(c3cccc4ccccc34)c3cccc4ccccc34)c2)cc1. The molecule has 0 aromatic heterocycles. The van der Waals surface area contributed by atoms with E-state index in [1.807, 2.05) is 12.1 Å². The molecule has 0 N–H and O–H groups in total. The van der Waals surface area contributed by atoms with Crippen molar-refractivity contribution >= 4 is 51.9 Å². The Hall–Kier alpha value is -4.30. The van der Waals surface area contributed by atoms with Crippen LogP contribution in [0.4, 0.5) is 17.1 Å². The smallest absolute Gasteiger partial charge is 0.113 e. The molecule has 2 heteroatoms. The Morgan fingerprint density at radius 1 is 0.441 bits per heavy atom. The van der Waals surface area contributed by atoms with E-state index in [-0.39, 0.29) is 0 Å². The fourth-order valence-electron chi connectivity index (χ4n) is 4.71. The van der Waals surface area contributed by atoms with Gasteiger partial charge in [0.2, 0.25) is 0 Å². The van der Waals surface area contributed by atoms with Crippen LogP contribution in [0, 0.1) is 0 Å². The number of rotatable bonds is 4. The minimum absolute atomic E-state index is 0.771. The summed E-state index contributed by atoms with van der Waals surface area (Å²) in [7, 11) is 5.93. The van der Waals surface area contributed by atoms with Crippen molar-refractivity contribution in [3.05, 3.63) is 133 Å². The highest BCUT2D eigenvalue weighted by atomic mass is 15.1. The highest BCUT2D eigenvalue weighted by Gasteiger charge is 2.17. The molecule has 6 rings (SSSR count). The molecule has 6 aromatic carbocycles. The number of anilines is 3. The Morgan fingerprint density at radius 2 is 0.971 bits per heavy atom. The standard InChI is InChI=1S/C32H22BN/c33-27-20-18-23(19-21-27)26-12-5-13-28(22-26)34(31-16-6-10-24-8-1-3-14-29(24)31)32-17-7-11-25-9-2-4-15-30(25)32/h1-22H. The van der Waals surface area contributed by atoms with E-state index >= 15 is 0 Å². The zero-order valence-electron chi connectivity index (χ0n) is 18.7. The summed E-state index contributed by atoms with van der Waals surface area (Å²) in [5.41, 5.74) is 6.50. The van der Waals surface area contributed by atoms with Gasteiger partial charge in [0.25, 0.3) is 0 Å². The van der Waals surface area contributed by atoms with Crippen LogP contribution in [0.15, 0.2) is 133 Å². The number of hydrogen-bond donors (Lipinski definition) is 0. The third kappa shape index (κ3) is 3.64. The fourth-order valence-corrected chi connectivity index (χ4v) is 4.71. The zero-order chi connectivity index (χ0) is 22.9. The van der Waals surface area contributed by atoms with Crippen LogP contribution < -0.4 is 10.4 Å². The average molecular weight is 431 g/mol. The lowest BCUT2D eigenvalue weighted by molar-refractivity contribution is 1.31. The van der Waals surface area contributed by atoms with E-state index in [0.29, 0.717) is 0 Å². The van der Waals surface area contributed by atoms with Gasteiger partial charge < -0.3 is 4.90 Å². The van der Waals surface area contributed by atoms with Crippen molar-refractivity contribution in [3.8, 4) is 11.1 Å². The van der Waals surface area contributed by atoms with Gasteiger partial charge in [0.1, 0.15) is 7.85 Å². The Kier molecular flexibility index (Phi) is 5.12. The number of benzene rings is 6. The Labute approximate surface area is 201 Å². The summed E-state index contributed by atoms with van der Waals surface area (Å²) in [4.78, 5) is 2.38. The van der Waals surface area contributed by atoms with Gasteiger partial charge in [-0.2, -0.15) is 0 Å². The molecule has 0 heterocycles. The molecule has 0 aliphatic rings. The minimum atomic E-state index is 0.771. The fraction of sp³-hybridized carbons (Fsp3) is 0. The number of nitrogens with zero attached hydrogens (tertiary/aromatic N) is 1. The first-order valence-corrected chi connectivity index (χ1v) is 11.5. The molecular weight excluding hydrogens is 409 g/mol. The monoisotopic (exact) mass is 431 g/mol. The van der Waals surface area contributed by atoms with E-state index in [9.17, 15) is 0 Å². The van der Waals surface area contributed by atoms with Gasteiger partial charge in [-0.15, -0.1) is 0 Å². The van der Waals surface area contributed by atoms with Crippen LogP contribution >= 0.6 is 0 Å². The third-order valence-electron chi connectivity index (χ3n) is 6.36. The van der Waals surface area contributed by atoms with E-state index in [1.165, 1.54) is 21.5 Å². The lowest BCUT2D eigenvalue weighted by atomic mass is 9.93. The van der Waals surface area contributed by atoms with Crippen LogP contribution in [0.1, 0.15) is 0 Å². The van der Waals surface area contributed by atoms with Gasteiger partial charge in [-0.05, 0) is 46.2 Å². The summed E-state index contributed by atoms with van der Waals surface area (Å²) in [5, 5.41) is 4.88. The van der Waals surface area contributed by atoms with Gasteiger partial charge in [-0.3, -0.25) is 0 Å². The maximum absolute atomic E-state index is 5.93. The molecule has 1 nitrogen and oxygen atoms in total. The predicted molar refractivity (Wildman–Crippen MR) is 147 cm³/mol. The van der Waals surface area contributed by atoms with E-state index in [4.69, 9.17) is 7.85 Å². The highest BCUT2D eigenvalue weighted by molar-refractivity contribution is 6.32. The quantitative estimate of drug-likeness (QED) is 0.256. The first-order valence-electron chi connectivity index (χ1n) is 11.5. The van der Waals surface area contributed by atoms with Crippen molar-refractivity contribution in [2.75, 3.05) is 4.90 Å². The van der Waals surface area contributed by atoms with Gasteiger partial charge in [0.05, 0.1) is 11.4 Å². The maximum atomic E-state index is 5.93. The van der Waals surface area contributed by atoms with Crippen LogP contribution in [0.3, 0.4) is 0 Å². The summed E-state index contributed by atoms with van der Waals surface area (Å²) in [6.07, 6.45) is 0. The van der Waals surface area contributed by atoms with Gasteiger partial charge in [0.15, 0.2) is 0 Å². The molecule has 0 spiro atoms. The first-order chi connectivity index (χ1) is 16.8. The van der Waals surface area contributed by atoms with Crippen LogP contribution in [0.5, 0.6) is 0 Å². The molecule has 0 aliphatic carbocycles. The zero-order valence-corrected chi connectivity index (χ0v) is 18.7. The Balaban J connectivity index is 1.62. The van der Waals surface area contributed by atoms with Crippen molar-refractivity contribution in [2.45, 2.75) is 0 Å². The molecule has 6 aromatic rings. The summed E-state index contributed by atoms with van der Waals surface area (Å²) < 4.78 is 0. The van der Waals surface area contributed by atoms with Crippen LogP contribution in [0.25, 0.3) is 32.7 Å². The molecule has 158 valence electrons. The maximum Gasteiger partial charge on any atom is 0.113 e. The number of fused-ring (bicyclic) bond motifs is 2. The molecule has 0 unspecified atom stereocenters. The minimum Gasteiger partial charge on any atom is -0.309 e. The molecule has 0 amide bonds. The van der Waals surface area contributed by atoms with Crippen LogP contribution in [0.2, 0.25) is 0 Å². The summed E-state index contributed by atoms with van der Waals surface area (Å²) in [6.45, 7) is 0. The highest BCUT2D eigenvalue weighted by Crippen LogP contribution is 2.42. The van der Waals surface area contributed by atoms with E-state index in [0.717, 1.165) is 33.7 Å². The summed E-state index contributed by atoms with van der Waals surface area (Å²) in [6, 6.07) is 47.0. The summed E-state index contributed by atoms with van der Waals surface area (Å²) >= 11 is 0. The van der Waals surface area contributed by atoms with E-state index in [1.54, 1.807) is 0 Å². The molecule has 0 bridgehead atoms. The van der Waals surface area contributed by atoms with Gasteiger partial charge >= 0.3 is 0 Å². The molecule has 34 heavy (non-hydrogen) atoms. The van der Waals surface area contributed by atoms with Crippen LogP contribution in [-0.2, 0) is 0 Å². The second-order valence-electron chi connectivity index (χ2n) is 8.50. The first kappa shape index (κ1) is 20.3. The predicted octanol–water partition coefficient (Wildman–Crippen LogP) is 7.92. The molecular formula is C32H22BN. The molecule has 0 saturated heterocycles. The molecule has 0 fully saturated rings. The van der Waals surface area contributed by atoms with Crippen molar-refractivity contribution in [1.82, 2.24) is 0 Å². The Bertz CT molecular complexity index is 1530. The van der Waals surface area contributed by atoms with Crippen molar-refractivity contribution in [1.29, 1.82) is 0 Å². The lowest BCUT2D eigenvalue weighted by Gasteiger charge is -2.28. The van der Waals surface area contributed by atoms with Gasteiger partial charge in [-0.1, -0.05) is 115 Å². The summed E-state index contributed by atoms with van der Waals surface area (Å²) in [5.74, 6) is 0. The van der Waals surface area contributed by atoms with Crippen molar-refractivity contribution in [3.63, 3.8) is 0 Å². The van der Waals surface area contributed by atoms with Crippen LogP contribution in [-0.4, -0.2) is 7.85 Å². The Morgan fingerprint density at radius 3 is 1.59 bits per heavy atom. The molecule has 0 saturated carbocycles. The van der Waals surface area contributed by atoms with E-state index < -0.39 is 0 Å². The van der Waals surface area contributed by atoms with Crippen molar-refractivity contribution in [2.24, 2.45) is 0 Å². The molecule has 0 aliphatic heterocycles. The average Bonchev–Trinajstić information content (AvgIpc) is 2.90. The van der Waals surface area contributed by atoms with Gasteiger partial charge in [0, 0.05) is 16.5 Å². The lowest BCUT2D eigenvalue weighted by Crippen LogP contribution is -2.11. The number of hydrogen-bond acceptors (Lipinski definition) is 1. The second-order valence-corrected chi connectivity index (χ2v) is 8.50. The van der Waals surface area contributed by atoms with E-state index in [2.05, 4.69) is 126 Å². The topological polar surface area (TPSA) is 3.24 Å². The second kappa shape index (κ2) is 8.57. The van der Waals surface area contributed by atoms with Gasteiger partial charge in [-0.25, -0.2) is 0 Å². The third-order valence-corrected chi connectivity index (χ3v) is 6.36. The van der Waals surface area contributed by atoms with Crippen molar-refractivity contribution < 1.29 is 0 Å². The largest absolute Gasteiger partial charge is 0.309 e. The normalized spacial score (nSPS) is 11.1.